The largest absolute Gasteiger partial charge is 0.497 e. The molecule has 0 saturated carbocycles. The number of halogens is 1. The van der Waals surface area contributed by atoms with Crippen LogP contribution in [0.2, 0.25) is 0 Å². The Balaban J connectivity index is 2.50. The highest BCUT2D eigenvalue weighted by Gasteiger charge is 2.25. The highest BCUT2D eigenvalue weighted by atomic mass is 32.2. The van der Waals surface area contributed by atoms with Gasteiger partial charge in [-0.05, 0) is 48.0 Å². The molecule has 0 radical (unpaired) electrons. The first-order valence-corrected chi connectivity index (χ1v) is 7.99. The third-order valence-electron chi connectivity index (χ3n) is 3.07. The number of rotatable bonds is 5. The Kier molecular flexibility index (Phi) is 4.80. The number of nitrogens with two attached hydrogens (primary N) is 1. The average molecular weight is 335 g/mol. The summed E-state index contributed by atoms with van der Waals surface area (Å²) in [5, 5.41) is 0. The lowest BCUT2D eigenvalue weighted by Crippen LogP contribution is -2.21. The van der Waals surface area contributed by atoms with Gasteiger partial charge in [-0.15, -0.1) is 0 Å². The Morgan fingerprint density at radius 1 is 1.09 bits per heavy atom. The second-order valence-electron chi connectivity index (χ2n) is 4.60. The molecule has 0 unspecified atom stereocenters. The number of primary amides is 1. The molecule has 1 amide bonds. The van der Waals surface area contributed by atoms with Crippen LogP contribution in [0.4, 0.5) is 4.39 Å². The number of hydrogen-bond donors (Lipinski definition) is 1. The van der Waals surface area contributed by atoms with Crippen molar-refractivity contribution in [1.29, 1.82) is 0 Å². The normalized spacial score (nSPS) is 12.0. The zero-order valence-electron chi connectivity index (χ0n) is 12.2. The lowest BCUT2D eigenvalue weighted by molar-refractivity contribution is -0.113. The van der Waals surface area contributed by atoms with Crippen LogP contribution >= 0.6 is 0 Å². The molecule has 2 N–H and O–H groups in total. The molecule has 0 atom stereocenters. The maximum atomic E-state index is 12.9. The Bertz CT molecular complexity index is 841. The summed E-state index contributed by atoms with van der Waals surface area (Å²) in [4.78, 5) is 10.9. The van der Waals surface area contributed by atoms with Crippen LogP contribution in [-0.4, -0.2) is 21.4 Å². The summed E-state index contributed by atoms with van der Waals surface area (Å²) in [6, 6.07) is 10.6. The average Bonchev–Trinajstić information content (AvgIpc) is 2.53. The number of hydrogen-bond acceptors (Lipinski definition) is 4. The van der Waals surface area contributed by atoms with Gasteiger partial charge in [0.2, 0.25) is 9.84 Å². The topological polar surface area (TPSA) is 86.5 Å². The molecule has 5 nitrogen and oxygen atoms in total. The number of benzene rings is 2. The van der Waals surface area contributed by atoms with E-state index in [2.05, 4.69) is 0 Å². The smallest absolute Gasteiger partial charge is 0.260 e. The van der Waals surface area contributed by atoms with E-state index in [1.54, 1.807) is 0 Å². The quantitative estimate of drug-likeness (QED) is 0.848. The monoisotopic (exact) mass is 335 g/mol. The van der Waals surface area contributed by atoms with E-state index in [1.165, 1.54) is 43.5 Å². The summed E-state index contributed by atoms with van der Waals surface area (Å²) in [6.07, 6.45) is 1.11. The number of methoxy groups -OCH3 is 1. The Morgan fingerprint density at radius 2 is 1.65 bits per heavy atom. The molecule has 0 aliphatic rings. The minimum Gasteiger partial charge on any atom is -0.497 e. The Labute approximate surface area is 133 Å². The zero-order valence-corrected chi connectivity index (χ0v) is 13.0. The van der Waals surface area contributed by atoms with Crippen LogP contribution in [-0.2, 0) is 14.6 Å². The van der Waals surface area contributed by atoms with Crippen molar-refractivity contribution >= 4 is 21.8 Å². The molecule has 0 bridgehead atoms. The second-order valence-corrected chi connectivity index (χ2v) is 6.52. The van der Waals surface area contributed by atoms with Gasteiger partial charge in [-0.25, -0.2) is 12.8 Å². The van der Waals surface area contributed by atoms with Gasteiger partial charge in [0.1, 0.15) is 16.5 Å². The molecule has 0 aliphatic heterocycles. The predicted octanol–water partition coefficient (Wildman–Crippen LogP) is 2.13. The summed E-state index contributed by atoms with van der Waals surface area (Å²) in [5.41, 5.74) is 5.55. The first-order valence-electron chi connectivity index (χ1n) is 6.51. The van der Waals surface area contributed by atoms with Crippen LogP contribution in [0.5, 0.6) is 5.75 Å². The van der Waals surface area contributed by atoms with Crippen LogP contribution in [0.3, 0.4) is 0 Å². The van der Waals surface area contributed by atoms with Crippen molar-refractivity contribution in [2.24, 2.45) is 5.73 Å². The minimum absolute atomic E-state index is 0.0922. The van der Waals surface area contributed by atoms with Crippen molar-refractivity contribution < 1.29 is 22.3 Å². The fraction of sp³-hybridized carbons (Fsp3) is 0.0625. The zero-order chi connectivity index (χ0) is 17.0. The van der Waals surface area contributed by atoms with E-state index in [1.807, 2.05) is 0 Å². The molecule has 0 saturated heterocycles. The molecule has 23 heavy (non-hydrogen) atoms. The van der Waals surface area contributed by atoms with E-state index in [0.717, 1.165) is 18.2 Å². The van der Waals surface area contributed by atoms with E-state index in [4.69, 9.17) is 10.5 Å². The van der Waals surface area contributed by atoms with Crippen LogP contribution in [0, 0.1) is 5.82 Å². The maximum absolute atomic E-state index is 12.9. The Morgan fingerprint density at radius 3 is 2.13 bits per heavy atom. The SMILES string of the molecule is COc1ccc(S(=O)(=O)/C(=C/c2ccc(F)cc2)C(N)=O)cc1. The van der Waals surface area contributed by atoms with Gasteiger partial charge in [0.05, 0.1) is 12.0 Å². The highest BCUT2D eigenvalue weighted by molar-refractivity contribution is 7.96. The van der Waals surface area contributed by atoms with Gasteiger partial charge < -0.3 is 10.5 Å². The molecule has 0 spiro atoms. The van der Waals surface area contributed by atoms with Crippen molar-refractivity contribution in [2.75, 3.05) is 7.11 Å². The molecule has 2 aromatic rings. The molecule has 7 heteroatoms. The number of carbonyl (C=O) groups is 1. The maximum Gasteiger partial charge on any atom is 0.260 e. The van der Waals surface area contributed by atoms with E-state index < -0.39 is 26.5 Å². The van der Waals surface area contributed by atoms with Crippen LogP contribution in [0.15, 0.2) is 58.3 Å². The summed E-state index contributed by atoms with van der Waals surface area (Å²) in [7, 11) is -2.65. The van der Waals surface area contributed by atoms with Gasteiger partial charge in [-0.3, -0.25) is 4.79 Å². The van der Waals surface area contributed by atoms with E-state index in [9.17, 15) is 17.6 Å². The second kappa shape index (κ2) is 6.62. The summed E-state index contributed by atoms with van der Waals surface area (Å²) in [5.74, 6) is -1.09. The number of amides is 1. The third kappa shape index (κ3) is 3.75. The van der Waals surface area contributed by atoms with Gasteiger partial charge in [0.25, 0.3) is 5.91 Å². The van der Waals surface area contributed by atoms with Crippen LogP contribution in [0.25, 0.3) is 6.08 Å². The fourth-order valence-corrected chi connectivity index (χ4v) is 3.18. The van der Waals surface area contributed by atoms with Crippen molar-refractivity contribution in [3.05, 3.63) is 64.8 Å². The van der Waals surface area contributed by atoms with Crippen molar-refractivity contribution in [2.45, 2.75) is 4.90 Å². The predicted molar refractivity (Wildman–Crippen MR) is 83.8 cm³/mol. The first-order chi connectivity index (χ1) is 10.8. The van der Waals surface area contributed by atoms with Gasteiger partial charge >= 0.3 is 0 Å². The first kappa shape index (κ1) is 16.7. The standard InChI is InChI=1S/C16H14FNO4S/c1-22-13-6-8-14(9-7-13)23(20,21)15(16(18)19)10-11-2-4-12(17)5-3-11/h2-10H,1H3,(H2,18,19)/b15-10+. The number of carbonyl (C=O) groups excluding carboxylic acids is 1. The molecule has 2 aromatic carbocycles. The van der Waals surface area contributed by atoms with E-state index in [0.29, 0.717) is 11.3 Å². The Hall–Kier alpha value is -2.67. The number of ether oxygens (including phenoxy) is 1. The van der Waals surface area contributed by atoms with E-state index in [-0.39, 0.29) is 4.90 Å². The van der Waals surface area contributed by atoms with Crippen molar-refractivity contribution in [1.82, 2.24) is 0 Å². The minimum atomic E-state index is -4.10. The lowest BCUT2D eigenvalue weighted by atomic mass is 10.2. The molecule has 2 rings (SSSR count). The third-order valence-corrected chi connectivity index (χ3v) is 4.86. The van der Waals surface area contributed by atoms with Gasteiger partial charge in [0.15, 0.2) is 0 Å². The molecular weight excluding hydrogens is 321 g/mol. The molecule has 0 aliphatic carbocycles. The van der Waals surface area contributed by atoms with Crippen molar-refractivity contribution in [3.63, 3.8) is 0 Å². The molecule has 0 fully saturated rings. The lowest BCUT2D eigenvalue weighted by Gasteiger charge is -2.07. The summed E-state index contributed by atoms with van der Waals surface area (Å²) < 4.78 is 43.0. The molecule has 0 aromatic heterocycles. The van der Waals surface area contributed by atoms with Crippen LogP contribution in [0.1, 0.15) is 5.56 Å². The molecular formula is C16H14FNO4S. The number of sulfone groups is 1. The summed E-state index contributed by atoms with van der Waals surface area (Å²) in [6.45, 7) is 0. The van der Waals surface area contributed by atoms with E-state index >= 15 is 0 Å². The molecule has 0 heterocycles. The van der Waals surface area contributed by atoms with Crippen molar-refractivity contribution in [3.8, 4) is 5.75 Å². The van der Waals surface area contributed by atoms with Gasteiger partial charge in [-0.1, -0.05) is 12.1 Å². The van der Waals surface area contributed by atoms with Gasteiger partial charge in [0, 0.05) is 0 Å². The molecule has 120 valence electrons. The fourth-order valence-electron chi connectivity index (χ4n) is 1.87. The van der Waals surface area contributed by atoms with Gasteiger partial charge in [-0.2, -0.15) is 0 Å². The highest BCUT2D eigenvalue weighted by Crippen LogP contribution is 2.23. The summed E-state index contributed by atoms with van der Waals surface area (Å²) >= 11 is 0. The van der Waals surface area contributed by atoms with Crippen LogP contribution < -0.4 is 10.5 Å².